The third-order valence-electron chi connectivity index (χ3n) is 8.57. The number of nitrogens with zero attached hydrogens (tertiary/aromatic N) is 3. The highest BCUT2D eigenvalue weighted by atomic mass is 15.1. The fraction of sp³-hybridized carbons (Fsp3) is 0. The molecule has 9 aromatic rings. The topological polar surface area (TPSA) is 30.7 Å². The van der Waals surface area contributed by atoms with E-state index >= 15 is 0 Å². The molecule has 0 N–H and O–H groups in total. The van der Waals surface area contributed by atoms with Crippen molar-refractivity contribution in [3.8, 4) is 28.2 Å². The lowest BCUT2D eigenvalue weighted by Crippen LogP contribution is -2.04. The summed E-state index contributed by atoms with van der Waals surface area (Å²) < 4.78 is 2.35. The summed E-state index contributed by atoms with van der Waals surface area (Å²) in [6.45, 7) is 0. The van der Waals surface area contributed by atoms with Gasteiger partial charge in [-0.2, -0.15) is 0 Å². The number of hydrogen-bond donors (Lipinski definition) is 0. The zero-order valence-corrected chi connectivity index (χ0v) is 23.3. The van der Waals surface area contributed by atoms with Crippen molar-refractivity contribution in [2.45, 2.75) is 0 Å². The highest BCUT2D eigenvalue weighted by Gasteiger charge is 2.22. The van der Waals surface area contributed by atoms with Gasteiger partial charge in [-0.1, -0.05) is 133 Å². The first-order chi connectivity index (χ1) is 21.3. The Morgan fingerprint density at radius 1 is 0.395 bits per heavy atom. The second kappa shape index (κ2) is 9.37. The Bertz CT molecular complexity index is 2490. The highest BCUT2D eigenvalue weighted by Crippen LogP contribution is 2.41. The molecule has 0 saturated heterocycles. The lowest BCUT2D eigenvalue weighted by molar-refractivity contribution is 1.08. The van der Waals surface area contributed by atoms with Crippen molar-refractivity contribution in [1.82, 2.24) is 14.5 Å². The number of benzene rings is 7. The predicted octanol–water partition coefficient (Wildman–Crippen LogP) is 10.4. The summed E-state index contributed by atoms with van der Waals surface area (Å²) in [6.07, 6.45) is 0. The number of rotatable bonds is 3. The van der Waals surface area contributed by atoms with Crippen molar-refractivity contribution < 1.29 is 0 Å². The maximum atomic E-state index is 5.36. The van der Waals surface area contributed by atoms with Crippen LogP contribution in [-0.4, -0.2) is 14.5 Å². The molecule has 2 heterocycles. The van der Waals surface area contributed by atoms with Crippen LogP contribution in [0, 0.1) is 0 Å². The summed E-state index contributed by atoms with van der Waals surface area (Å²) in [7, 11) is 0. The van der Waals surface area contributed by atoms with Gasteiger partial charge in [0.1, 0.15) is 5.69 Å². The maximum absolute atomic E-state index is 5.36. The molecule has 0 aliphatic heterocycles. The number of fused-ring (bicyclic) bond motifs is 8. The molecule has 0 saturated carbocycles. The van der Waals surface area contributed by atoms with E-state index in [2.05, 4.69) is 132 Å². The molecule has 2 aromatic heterocycles. The van der Waals surface area contributed by atoms with Crippen LogP contribution in [0.25, 0.3) is 82.6 Å². The van der Waals surface area contributed by atoms with Gasteiger partial charge in [0.2, 0.25) is 0 Å². The van der Waals surface area contributed by atoms with Gasteiger partial charge in [0.25, 0.3) is 0 Å². The molecule has 9 rings (SSSR count). The first-order valence-corrected chi connectivity index (χ1v) is 14.6. The Morgan fingerprint density at radius 2 is 0.977 bits per heavy atom. The molecule has 0 aliphatic rings. The zero-order valence-electron chi connectivity index (χ0n) is 23.3. The molecule has 0 bridgehead atoms. The van der Waals surface area contributed by atoms with Crippen molar-refractivity contribution in [1.29, 1.82) is 0 Å². The third-order valence-corrected chi connectivity index (χ3v) is 8.57. The van der Waals surface area contributed by atoms with E-state index in [0.29, 0.717) is 0 Å². The van der Waals surface area contributed by atoms with E-state index in [9.17, 15) is 0 Å². The highest BCUT2D eigenvalue weighted by molar-refractivity contribution is 6.26. The first kappa shape index (κ1) is 23.9. The average molecular weight is 548 g/mol. The van der Waals surface area contributed by atoms with Gasteiger partial charge >= 0.3 is 0 Å². The molecule has 0 amide bonds. The quantitative estimate of drug-likeness (QED) is 0.220. The summed E-state index contributed by atoms with van der Waals surface area (Å²) in [4.78, 5) is 10.6. The maximum Gasteiger partial charge on any atom is 0.165 e. The summed E-state index contributed by atoms with van der Waals surface area (Å²) in [5, 5.41) is 7.31. The molecule has 43 heavy (non-hydrogen) atoms. The molecular formula is C40H25N3. The molecular weight excluding hydrogens is 522 g/mol. The Labute approximate surface area is 248 Å². The second-order valence-electron chi connectivity index (χ2n) is 11.0. The van der Waals surface area contributed by atoms with Crippen LogP contribution in [0.3, 0.4) is 0 Å². The largest absolute Gasteiger partial charge is 0.291 e. The number of hydrogen-bond acceptors (Lipinski definition) is 2. The monoisotopic (exact) mass is 547 g/mol. The molecule has 200 valence electrons. The Kier molecular flexibility index (Phi) is 5.20. The van der Waals surface area contributed by atoms with Gasteiger partial charge in [0, 0.05) is 21.7 Å². The lowest BCUT2D eigenvalue weighted by atomic mass is 10.0. The van der Waals surface area contributed by atoms with Gasteiger partial charge in [0.05, 0.1) is 22.1 Å². The van der Waals surface area contributed by atoms with Crippen molar-refractivity contribution in [3.05, 3.63) is 152 Å². The molecule has 3 heteroatoms. The SMILES string of the molecule is c1ccc(-c2ccc(-c3nc4ccccc4nc3-n3c4ccc5ccccc5c4c4ccc5ccccc5c43)cc2)cc1. The van der Waals surface area contributed by atoms with Crippen molar-refractivity contribution in [2.24, 2.45) is 0 Å². The average Bonchev–Trinajstić information content (AvgIpc) is 3.43. The van der Waals surface area contributed by atoms with E-state index in [-0.39, 0.29) is 0 Å². The number of aromatic nitrogens is 3. The molecule has 0 atom stereocenters. The van der Waals surface area contributed by atoms with Crippen LogP contribution in [0.15, 0.2) is 152 Å². The molecule has 0 radical (unpaired) electrons. The van der Waals surface area contributed by atoms with E-state index in [1.165, 1.54) is 43.4 Å². The lowest BCUT2D eigenvalue weighted by Gasteiger charge is -2.15. The van der Waals surface area contributed by atoms with Gasteiger partial charge in [-0.05, 0) is 45.5 Å². The number of para-hydroxylation sites is 2. The van der Waals surface area contributed by atoms with Crippen LogP contribution < -0.4 is 0 Å². The molecule has 3 nitrogen and oxygen atoms in total. The van der Waals surface area contributed by atoms with Crippen LogP contribution in [0.1, 0.15) is 0 Å². The standard InChI is InChI=1S/C40H25N3/c1-2-10-26(11-3-1)27-18-20-30(21-19-27)38-40(42-35-17-9-8-16-34(35)41-38)43-36-25-23-28-12-4-6-14-31(28)37(36)33-24-22-29-13-5-7-15-32(29)39(33)43/h1-25H. The van der Waals surface area contributed by atoms with Crippen molar-refractivity contribution >= 4 is 54.4 Å². The van der Waals surface area contributed by atoms with Gasteiger partial charge < -0.3 is 0 Å². The molecule has 0 fully saturated rings. The third kappa shape index (κ3) is 3.68. The summed E-state index contributed by atoms with van der Waals surface area (Å²) >= 11 is 0. The van der Waals surface area contributed by atoms with Crippen LogP contribution in [-0.2, 0) is 0 Å². The Morgan fingerprint density at radius 3 is 1.77 bits per heavy atom. The van der Waals surface area contributed by atoms with Gasteiger partial charge in [0.15, 0.2) is 5.82 Å². The minimum atomic E-state index is 0.831. The fourth-order valence-corrected chi connectivity index (χ4v) is 6.56. The van der Waals surface area contributed by atoms with E-state index in [0.717, 1.165) is 39.1 Å². The molecule has 0 unspecified atom stereocenters. The summed E-state index contributed by atoms with van der Waals surface area (Å²) in [6, 6.07) is 53.6. The normalized spacial score (nSPS) is 11.7. The smallest absolute Gasteiger partial charge is 0.165 e. The van der Waals surface area contributed by atoms with Crippen LogP contribution in [0.2, 0.25) is 0 Å². The van der Waals surface area contributed by atoms with Crippen molar-refractivity contribution in [2.75, 3.05) is 0 Å². The van der Waals surface area contributed by atoms with Crippen LogP contribution in [0.5, 0.6) is 0 Å². The van der Waals surface area contributed by atoms with E-state index < -0.39 is 0 Å². The van der Waals surface area contributed by atoms with E-state index in [4.69, 9.17) is 9.97 Å². The summed E-state index contributed by atoms with van der Waals surface area (Å²) in [5.41, 5.74) is 8.28. The molecule has 0 spiro atoms. The Hall–Kier alpha value is -5.80. The van der Waals surface area contributed by atoms with E-state index in [1.54, 1.807) is 0 Å². The Balaban J connectivity index is 1.42. The molecule has 0 aliphatic carbocycles. The zero-order chi connectivity index (χ0) is 28.3. The fourth-order valence-electron chi connectivity index (χ4n) is 6.56. The van der Waals surface area contributed by atoms with Crippen LogP contribution in [0.4, 0.5) is 0 Å². The second-order valence-corrected chi connectivity index (χ2v) is 11.0. The minimum absolute atomic E-state index is 0.831. The molecule has 7 aromatic carbocycles. The predicted molar refractivity (Wildman–Crippen MR) is 180 cm³/mol. The first-order valence-electron chi connectivity index (χ1n) is 14.6. The van der Waals surface area contributed by atoms with Gasteiger partial charge in [-0.25, -0.2) is 9.97 Å². The van der Waals surface area contributed by atoms with Crippen molar-refractivity contribution in [3.63, 3.8) is 0 Å². The van der Waals surface area contributed by atoms with Crippen LogP contribution >= 0.6 is 0 Å². The minimum Gasteiger partial charge on any atom is -0.291 e. The van der Waals surface area contributed by atoms with E-state index in [1.807, 2.05) is 24.3 Å². The van der Waals surface area contributed by atoms with Gasteiger partial charge in [-0.3, -0.25) is 4.57 Å². The van der Waals surface area contributed by atoms with Gasteiger partial charge in [-0.15, -0.1) is 0 Å². The summed E-state index contributed by atoms with van der Waals surface area (Å²) in [5.74, 6) is 0.831.